The van der Waals surface area contributed by atoms with Gasteiger partial charge in [0.1, 0.15) is 0 Å². The maximum Gasteiger partial charge on any atom is 0.0699 e. The van der Waals surface area contributed by atoms with Crippen molar-refractivity contribution in [1.29, 1.82) is 0 Å². The van der Waals surface area contributed by atoms with Gasteiger partial charge in [-0.2, -0.15) is 0 Å². The summed E-state index contributed by atoms with van der Waals surface area (Å²) >= 11 is 0. The zero-order valence-electron chi connectivity index (χ0n) is 8.81. The molecule has 2 radical (unpaired) electrons. The van der Waals surface area contributed by atoms with Gasteiger partial charge < -0.3 is 0 Å². The van der Waals surface area contributed by atoms with Gasteiger partial charge in [-0.1, -0.05) is 71.0 Å². The van der Waals surface area contributed by atoms with E-state index in [2.05, 4.69) is 13.8 Å². The summed E-state index contributed by atoms with van der Waals surface area (Å²) in [4.78, 5) is 0. The number of hydrogen-bond donors (Lipinski definition) is 0. The first kappa shape index (κ1) is 12.1. The van der Waals surface area contributed by atoms with E-state index < -0.39 is 0 Å². The van der Waals surface area contributed by atoms with Crippen molar-refractivity contribution >= 4 is 7.85 Å². The minimum Gasteiger partial charge on any atom is -0.0776 e. The Morgan fingerprint density at radius 3 is 2.08 bits per heavy atom. The van der Waals surface area contributed by atoms with Gasteiger partial charge in [0, 0.05) is 0 Å². The zero-order valence-corrected chi connectivity index (χ0v) is 8.81. The summed E-state index contributed by atoms with van der Waals surface area (Å²) in [5.41, 5.74) is 0. The third kappa shape index (κ3) is 8.16. The second kappa shape index (κ2) is 9.16. The first-order valence-corrected chi connectivity index (χ1v) is 5.56. The van der Waals surface area contributed by atoms with Crippen LogP contribution in [0.2, 0.25) is 5.82 Å². The molecule has 0 spiro atoms. The van der Waals surface area contributed by atoms with E-state index >= 15 is 0 Å². The van der Waals surface area contributed by atoms with Crippen LogP contribution in [-0.2, 0) is 0 Å². The van der Waals surface area contributed by atoms with E-state index in [9.17, 15) is 0 Å². The molecular formula is C11H23B. The van der Waals surface area contributed by atoms with E-state index in [0.29, 0.717) is 5.82 Å². The Labute approximate surface area is 79.5 Å². The second-order valence-corrected chi connectivity index (χ2v) is 3.72. The molecule has 0 aromatic rings. The summed E-state index contributed by atoms with van der Waals surface area (Å²) in [7, 11) is 5.81. The minimum absolute atomic E-state index is 0.455. The van der Waals surface area contributed by atoms with E-state index in [1.807, 2.05) is 0 Å². The van der Waals surface area contributed by atoms with E-state index in [0.717, 1.165) is 6.42 Å². The Morgan fingerprint density at radius 2 is 1.50 bits per heavy atom. The van der Waals surface area contributed by atoms with Crippen molar-refractivity contribution in [2.24, 2.45) is 0 Å². The molecule has 1 unspecified atom stereocenters. The van der Waals surface area contributed by atoms with Crippen LogP contribution in [0.15, 0.2) is 0 Å². The van der Waals surface area contributed by atoms with Gasteiger partial charge in [0.05, 0.1) is 7.85 Å². The zero-order chi connectivity index (χ0) is 9.23. The average molecular weight is 166 g/mol. The van der Waals surface area contributed by atoms with Gasteiger partial charge in [-0.25, -0.2) is 0 Å². The quantitative estimate of drug-likeness (QED) is 0.376. The van der Waals surface area contributed by atoms with E-state index in [4.69, 9.17) is 7.85 Å². The molecule has 0 saturated heterocycles. The Bertz CT molecular complexity index is 81.1. The Balaban J connectivity index is 2.90. The lowest BCUT2D eigenvalue weighted by Gasteiger charge is -2.07. The van der Waals surface area contributed by atoms with Crippen LogP contribution in [0.5, 0.6) is 0 Å². The molecule has 0 bridgehead atoms. The third-order valence-electron chi connectivity index (χ3n) is 2.45. The largest absolute Gasteiger partial charge is 0.0776 e. The SMILES string of the molecule is [B]C(CC)CCCCCCCC. The van der Waals surface area contributed by atoms with Crippen LogP contribution in [0.1, 0.15) is 65.2 Å². The average Bonchev–Trinajstić information content (AvgIpc) is 2.10. The van der Waals surface area contributed by atoms with Crippen molar-refractivity contribution < 1.29 is 0 Å². The lowest BCUT2D eigenvalue weighted by molar-refractivity contribution is 0.572. The highest BCUT2D eigenvalue weighted by atomic mass is 14.0. The van der Waals surface area contributed by atoms with Gasteiger partial charge in [-0.05, 0) is 0 Å². The summed E-state index contributed by atoms with van der Waals surface area (Å²) in [6.07, 6.45) is 10.6. The Hall–Kier alpha value is 0.0649. The predicted molar refractivity (Wildman–Crippen MR) is 57.8 cm³/mol. The molecule has 1 atom stereocenters. The van der Waals surface area contributed by atoms with Crippen LogP contribution < -0.4 is 0 Å². The van der Waals surface area contributed by atoms with E-state index in [-0.39, 0.29) is 0 Å². The topological polar surface area (TPSA) is 0 Å². The molecular weight excluding hydrogens is 143 g/mol. The Kier molecular flexibility index (Phi) is 9.20. The fourth-order valence-electron chi connectivity index (χ4n) is 1.39. The van der Waals surface area contributed by atoms with Gasteiger partial charge in [-0.15, -0.1) is 0 Å². The van der Waals surface area contributed by atoms with Gasteiger partial charge in [-0.3, -0.25) is 0 Å². The van der Waals surface area contributed by atoms with Crippen molar-refractivity contribution in [2.45, 2.75) is 71.0 Å². The molecule has 0 fully saturated rings. The third-order valence-corrected chi connectivity index (χ3v) is 2.45. The summed E-state index contributed by atoms with van der Waals surface area (Å²) < 4.78 is 0. The van der Waals surface area contributed by atoms with Gasteiger partial charge in [0.2, 0.25) is 0 Å². The molecule has 0 aliphatic rings. The molecule has 0 N–H and O–H groups in total. The maximum absolute atomic E-state index is 5.81. The molecule has 1 heteroatoms. The minimum atomic E-state index is 0.455. The van der Waals surface area contributed by atoms with Crippen LogP contribution in [0.25, 0.3) is 0 Å². The highest BCUT2D eigenvalue weighted by Crippen LogP contribution is 2.16. The summed E-state index contributed by atoms with van der Waals surface area (Å²) in [6.45, 7) is 4.43. The second-order valence-electron chi connectivity index (χ2n) is 3.72. The summed E-state index contributed by atoms with van der Waals surface area (Å²) in [6, 6.07) is 0. The molecule has 0 aromatic heterocycles. The van der Waals surface area contributed by atoms with Crippen molar-refractivity contribution in [2.75, 3.05) is 0 Å². The molecule has 0 rings (SSSR count). The van der Waals surface area contributed by atoms with Gasteiger partial charge >= 0.3 is 0 Å². The van der Waals surface area contributed by atoms with Crippen LogP contribution in [0, 0.1) is 0 Å². The molecule has 0 aromatic carbocycles. The molecule has 0 heterocycles. The van der Waals surface area contributed by atoms with Crippen LogP contribution in [0.3, 0.4) is 0 Å². The number of unbranched alkanes of at least 4 members (excludes halogenated alkanes) is 5. The smallest absolute Gasteiger partial charge is 0.0699 e. The molecule has 12 heavy (non-hydrogen) atoms. The van der Waals surface area contributed by atoms with E-state index in [1.54, 1.807) is 0 Å². The number of rotatable bonds is 8. The molecule has 0 aliphatic heterocycles. The summed E-state index contributed by atoms with van der Waals surface area (Å²) in [5, 5.41) is 0. The maximum atomic E-state index is 5.81. The predicted octanol–water partition coefficient (Wildman–Crippen LogP) is 4.10. The molecule has 0 amide bonds. The number of hydrogen-bond acceptors (Lipinski definition) is 0. The molecule has 0 nitrogen and oxygen atoms in total. The first-order valence-electron chi connectivity index (χ1n) is 5.56. The van der Waals surface area contributed by atoms with Crippen LogP contribution in [0.4, 0.5) is 0 Å². The van der Waals surface area contributed by atoms with Crippen molar-refractivity contribution in [3.05, 3.63) is 0 Å². The van der Waals surface area contributed by atoms with Crippen molar-refractivity contribution in [3.8, 4) is 0 Å². The Morgan fingerprint density at radius 1 is 0.917 bits per heavy atom. The van der Waals surface area contributed by atoms with Crippen LogP contribution >= 0.6 is 0 Å². The van der Waals surface area contributed by atoms with Gasteiger partial charge in [0.25, 0.3) is 0 Å². The van der Waals surface area contributed by atoms with Crippen LogP contribution in [-0.4, -0.2) is 7.85 Å². The van der Waals surface area contributed by atoms with Crippen molar-refractivity contribution in [3.63, 3.8) is 0 Å². The normalized spacial score (nSPS) is 13.2. The fraction of sp³-hybridized carbons (Fsp3) is 1.00. The van der Waals surface area contributed by atoms with Crippen molar-refractivity contribution in [1.82, 2.24) is 0 Å². The van der Waals surface area contributed by atoms with E-state index in [1.165, 1.54) is 44.9 Å². The lowest BCUT2D eigenvalue weighted by Crippen LogP contribution is -1.90. The highest BCUT2D eigenvalue weighted by Gasteiger charge is 1.97. The lowest BCUT2D eigenvalue weighted by atomic mass is 9.81. The summed E-state index contributed by atoms with van der Waals surface area (Å²) in [5.74, 6) is 0.455. The standard InChI is InChI=1S/C11H23B/c1-3-5-6-7-8-9-10-11(12)4-2/h11H,3-10H2,1-2H3. The highest BCUT2D eigenvalue weighted by molar-refractivity contribution is 6.11. The molecule has 70 valence electrons. The fourth-order valence-corrected chi connectivity index (χ4v) is 1.39. The molecule has 0 aliphatic carbocycles. The van der Waals surface area contributed by atoms with Gasteiger partial charge in [0.15, 0.2) is 0 Å². The first-order chi connectivity index (χ1) is 5.81. The molecule has 0 saturated carbocycles. The monoisotopic (exact) mass is 166 g/mol.